The van der Waals surface area contributed by atoms with Crippen LogP contribution in [0.15, 0.2) is 25.3 Å². The van der Waals surface area contributed by atoms with E-state index in [4.69, 9.17) is 18.9 Å². The number of esters is 3. The van der Waals surface area contributed by atoms with Crippen LogP contribution in [0.1, 0.15) is 32.6 Å². The summed E-state index contributed by atoms with van der Waals surface area (Å²) in [5, 5.41) is 9.90. The lowest BCUT2D eigenvalue weighted by molar-refractivity contribution is -0.221. The van der Waals surface area contributed by atoms with Crippen LogP contribution in [0, 0.1) is 0 Å². The standard InChI is InChI=1S/C17H26O8/c1-4-14(18)22-10-6-7-12-24-16(20)17(3,21)25-13-9-8-11-23-15(19)5-2/h4-5,21H,1-2,6-13H2,3H3. The first-order valence-electron chi connectivity index (χ1n) is 7.95. The molecule has 1 unspecified atom stereocenters. The molecule has 0 aliphatic carbocycles. The zero-order valence-corrected chi connectivity index (χ0v) is 14.5. The lowest BCUT2D eigenvalue weighted by Crippen LogP contribution is -2.40. The second kappa shape index (κ2) is 13.1. The Balaban J connectivity index is 3.75. The van der Waals surface area contributed by atoms with Crippen LogP contribution < -0.4 is 0 Å². The van der Waals surface area contributed by atoms with E-state index in [-0.39, 0.29) is 26.4 Å². The molecular weight excluding hydrogens is 332 g/mol. The fourth-order valence-corrected chi connectivity index (χ4v) is 1.50. The Labute approximate surface area is 147 Å². The zero-order chi connectivity index (χ0) is 19.1. The van der Waals surface area contributed by atoms with Crippen LogP contribution in [0.5, 0.6) is 0 Å². The molecule has 25 heavy (non-hydrogen) atoms. The van der Waals surface area contributed by atoms with Crippen molar-refractivity contribution in [2.45, 2.75) is 38.4 Å². The minimum atomic E-state index is -2.05. The number of aliphatic hydroxyl groups is 1. The monoisotopic (exact) mass is 358 g/mol. The van der Waals surface area contributed by atoms with Gasteiger partial charge in [0, 0.05) is 19.1 Å². The maximum absolute atomic E-state index is 11.7. The Morgan fingerprint density at radius 3 is 1.68 bits per heavy atom. The van der Waals surface area contributed by atoms with E-state index in [1.165, 1.54) is 6.92 Å². The van der Waals surface area contributed by atoms with Crippen molar-refractivity contribution in [2.75, 3.05) is 26.4 Å². The maximum atomic E-state index is 11.7. The van der Waals surface area contributed by atoms with Gasteiger partial charge in [0.2, 0.25) is 0 Å². The molecule has 0 aliphatic heterocycles. The van der Waals surface area contributed by atoms with Crippen LogP contribution in [-0.4, -0.2) is 55.2 Å². The zero-order valence-electron chi connectivity index (χ0n) is 14.5. The van der Waals surface area contributed by atoms with Crippen molar-refractivity contribution in [1.29, 1.82) is 0 Å². The average Bonchev–Trinajstić information content (AvgIpc) is 2.59. The van der Waals surface area contributed by atoms with Gasteiger partial charge in [-0.25, -0.2) is 14.4 Å². The number of rotatable bonds is 14. The lowest BCUT2D eigenvalue weighted by atomic mass is 10.3. The third kappa shape index (κ3) is 11.9. The molecule has 142 valence electrons. The lowest BCUT2D eigenvalue weighted by Gasteiger charge is -2.21. The molecule has 0 fully saturated rings. The summed E-state index contributed by atoms with van der Waals surface area (Å²) in [4.78, 5) is 33.3. The Morgan fingerprint density at radius 2 is 1.24 bits per heavy atom. The number of carbonyl (C=O) groups excluding carboxylic acids is 3. The highest BCUT2D eigenvalue weighted by Gasteiger charge is 2.33. The summed E-state index contributed by atoms with van der Waals surface area (Å²) in [6.07, 6.45) is 4.13. The van der Waals surface area contributed by atoms with Gasteiger partial charge in [0.25, 0.3) is 5.79 Å². The van der Waals surface area contributed by atoms with Gasteiger partial charge in [-0.1, -0.05) is 13.2 Å². The minimum Gasteiger partial charge on any atom is -0.463 e. The first kappa shape index (κ1) is 22.8. The summed E-state index contributed by atoms with van der Waals surface area (Å²) in [7, 11) is 0. The smallest absolute Gasteiger partial charge is 0.366 e. The number of carbonyl (C=O) groups is 3. The maximum Gasteiger partial charge on any atom is 0.366 e. The molecule has 0 radical (unpaired) electrons. The molecule has 0 spiro atoms. The number of hydrogen-bond acceptors (Lipinski definition) is 8. The van der Waals surface area contributed by atoms with E-state index in [0.717, 1.165) is 12.2 Å². The van der Waals surface area contributed by atoms with E-state index in [1.54, 1.807) is 0 Å². The molecule has 0 saturated heterocycles. The van der Waals surface area contributed by atoms with Crippen molar-refractivity contribution in [1.82, 2.24) is 0 Å². The van der Waals surface area contributed by atoms with Crippen LogP contribution in [0.25, 0.3) is 0 Å². The Hall–Kier alpha value is -2.19. The number of ether oxygens (including phenoxy) is 4. The fourth-order valence-electron chi connectivity index (χ4n) is 1.50. The minimum absolute atomic E-state index is 0.0709. The Kier molecular flexibility index (Phi) is 12.0. The first-order valence-corrected chi connectivity index (χ1v) is 7.95. The summed E-state index contributed by atoms with van der Waals surface area (Å²) in [5.74, 6) is -3.95. The van der Waals surface area contributed by atoms with Crippen LogP contribution in [-0.2, 0) is 33.3 Å². The predicted octanol–water partition coefficient (Wildman–Crippen LogP) is 1.27. The first-order chi connectivity index (χ1) is 11.8. The van der Waals surface area contributed by atoms with Gasteiger partial charge in [0.05, 0.1) is 26.4 Å². The SMILES string of the molecule is C=CC(=O)OCCCCOC(=O)C(C)(O)OCCCCOC(=O)C=C. The van der Waals surface area contributed by atoms with Crippen molar-refractivity contribution in [3.8, 4) is 0 Å². The van der Waals surface area contributed by atoms with Gasteiger partial charge in [-0.2, -0.15) is 0 Å². The highest BCUT2D eigenvalue weighted by Crippen LogP contribution is 2.10. The Bertz CT molecular complexity index is 456. The number of hydrogen-bond donors (Lipinski definition) is 1. The topological polar surface area (TPSA) is 108 Å². The van der Waals surface area contributed by atoms with E-state index in [9.17, 15) is 19.5 Å². The molecule has 0 heterocycles. The molecule has 0 rings (SSSR count). The molecule has 8 nitrogen and oxygen atoms in total. The second-order valence-electron chi connectivity index (χ2n) is 5.12. The largest absolute Gasteiger partial charge is 0.463 e. The molecule has 0 bridgehead atoms. The quantitative estimate of drug-likeness (QED) is 0.163. The third-order valence-electron chi connectivity index (χ3n) is 2.89. The van der Waals surface area contributed by atoms with E-state index in [0.29, 0.717) is 25.7 Å². The molecule has 0 aromatic rings. The molecule has 1 N–H and O–H groups in total. The molecule has 0 amide bonds. The molecular formula is C17H26O8. The summed E-state index contributed by atoms with van der Waals surface area (Å²) in [5.41, 5.74) is 0. The summed E-state index contributed by atoms with van der Waals surface area (Å²) in [6, 6.07) is 0. The van der Waals surface area contributed by atoms with Gasteiger partial charge in [-0.3, -0.25) is 0 Å². The summed E-state index contributed by atoms with van der Waals surface area (Å²) >= 11 is 0. The summed E-state index contributed by atoms with van der Waals surface area (Å²) < 4.78 is 19.5. The molecule has 0 aromatic carbocycles. The Morgan fingerprint density at radius 1 is 0.840 bits per heavy atom. The predicted molar refractivity (Wildman–Crippen MR) is 88.3 cm³/mol. The van der Waals surface area contributed by atoms with E-state index in [1.807, 2.05) is 0 Å². The number of unbranched alkanes of at least 4 members (excludes halogenated alkanes) is 2. The van der Waals surface area contributed by atoms with Crippen molar-refractivity contribution < 1.29 is 38.4 Å². The average molecular weight is 358 g/mol. The van der Waals surface area contributed by atoms with E-state index < -0.39 is 23.7 Å². The molecule has 0 aliphatic rings. The van der Waals surface area contributed by atoms with Crippen molar-refractivity contribution in [3.05, 3.63) is 25.3 Å². The molecule has 8 heteroatoms. The van der Waals surface area contributed by atoms with Crippen LogP contribution >= 0.6 is 0 Å². The third-order valence-corrected chi connectivity index (χ3v) is 2.89. The molecule has 1 atom stereocenters. The molecule has 0 saturated carbocycles. The summed E-state index contributed by atoms with van der Waals surface area (Å²) in [6.45, 7) is 8.31. The van der Waals surface area contributed by atoms with Gasteiger partial charge in [-0.05, 0) is 25.7 Å². The van der Waals surface area contributed by atoms with Crippen LogP contribution in [0.3, 0.4) is 0 Å². The highest BCUT2D eigenvalue weighted by molar-refractivity contribution is 5.81. The van der Waals surface area contributed by atoms with Gasteiger partial charge >= 0.3 is 17.9 Å². The highest BCUT2D eigenvalue weighted by atomic mass is 16.7. The van der Waals surface area contributed by atoms with Gasteiger partial charge in [-0.15, -0.1) is 0 Å². The normalized spacial score (nSPS) is 12.6. The van der Waals surface area contributed by atoms with Crippen molar-refractivity contribution in [2.24, 2.45) is 0 Å². The van der Waals surface area contributed by atoms with Gasteiger partial charge in [0.15, 0.2) is 0 Å². The molecule has 0 aromatic heterocycles. The second-order valence-corrected chi connectivity index (χ2v) is 5.12. The van der Waals surface area contributed by atoms with E-state index >= 15 is 0 Å². The fraction of sp³-hybridized carbons (Fsp3) is 0.588. The van der Waals surface area contributed by atoms with Crippen LogP contribution in [0.2, 0.25) is 0 Å². The van der Waals surface area contributed by atoms with Gasteiger partial charge < -0.3 is 24.1 Å². The van der Waals surface area contributed by atoms with E-state index in [2.05, 4.69) is 13.2 Å². The van der Waals surface area contributed by atoms with Crippen molar-refractivity contribution in [3.63, 3.8) is 0 Å². The van der Waals surface area contributed by atoms with Crippen LogP contribution in [0.4, 0.5) is 0 Å². The van der Waals surface area contributed by atoms with Crippen molar-refractivity contribution >= 4 is 17.9 Å². The van der Waals surface area contributed by atoms with Gasteiger partial charge in [0.1, 0.15) is 0 Å².